The van der Waals surface area contributed by atoms with E-state index in [4.69, 9.17) is 9.05 Å². The molecule has 0 fully saturated rings. The molecular formula is C55H89N2O6P. The van der Waals surface area contributed by atoms with Crippen LogP contribution in [0.25, 0.3) is 0 Å². The maximum Gasteiger partial charge on any atom is 0.268 e. The fourth-order valence-electron chi connectivity index (χ4n) is 5.72. The number of carbonyl (C=O) groups excluding carboxylic acids is 1. The van der Waals surface area contributed by atoms with Gasteiger partial charge in [-0.1, -0.05) is 173 Å². The summed E-state index contributed by atoms with van der Waals surface area (Å²) in [7, 11) is 1.18. The van der Waals surface area contributed by atoms with Gasteiger partial charge in [0, 0.05) is 6.42 Å². The number of nitrogens with zero attached hydrogens (tertiary/aromatic N) is 1. The van der Waals surface area contributed by atoms with Gasteiger partial charge in [0.2, 0.25) is 5.91 Å². The van der Waals surface area contributed by atoms with Gasteiger partial charge in [0.15, 0.2) is 0 Å². The highest BCUT2D eigenvalue weighted by atomic mass is 31.2. The van der Waals surface area contributed by atoms with Crippen molar-refractivity contribution in [2.75, 3.05) is 40.9 Å². The van der Waals surface area contributed by atoms with E-state index in [0.29, 0.717) is 17.4 Å². The van der Waals surface area contributed by atoms with Gasteiger partial charge in [0.05, 0.1) is 39.9 Å². The number of carbonyl (C=O) groups is 1. The molecule has 8 nitrogen and oxygen atoms in total. The number of allylic oxidation sites excluding steroid dienone is 23. The lowest BCUT2D eigenvalue weighted by molar-refractivity contribution is -0.870. The molecule has 0 spiro atoms. The summed E-state index contributed by atoms with van der Waals surface area (Å²) in [6, 6.07) is -0.936. The van der Waals surface area contributed by atoms with E-state index in [0.717, 1.165) is 96.3 Å². The fourth-order valence-corrected chi connectivity index (χ4v) is 6.44. The molecule has 3 atom stereocenters. The lowest BCUT2D eigenvalue weighted by Gasteiger charge is -2.29. The van der Waals surface area contributed by atoms with Crippen LogP contribution < -0.4 is 10.2 Å². The smallest absolute Gasteiger partial charge is 0.268 e. The zero-order valence-corrected chi connectivity index (χ0v) is 41.6. The number of hydrogen-bond donors (Lipinski definition) is 2. The molecule has 0 aliphatic heterocycles. The predicted octanol–water partition coefficient (Wildman–Crippen LogP) is 13.6. The molecular weight excluding hydrogens is 816 g/mol. The quantitative estimate of drug-likeness (QED) is 0.0274. The first-order chi connectivity index (χ1) is 31.0. The Hall–Kier alpha value is -3.62. The molecule has 0 heterocycles. The van der Waals surface area contributed by atoms with Gasteiger partial charge in [-0.2, -0.15) is 0 Å². The van der Waals surface area contributed by atoms with Gasteiger partial charge in [-0.25, -0.2) is 0 Å². The van der Waals surface area contributed by atoms with Crippen LogP contribution in [0.1, 0.15) is 142 Å². The molecule has 0 bridgehead atoms. The van der Waals surface area contributed by atoms with Gasteiger partial charge in [0.1, 0.15) is 13.2 Å². The van der Waals surface area contributed by atoms with E-state index >= 15 is 0 Å². The second-order valence-electron chi connectivity index (χ2n) is 16.7. The number of likely N-dealkylation sites (N-methyl/N-ethyl adjacent to an activating group) is 1. The van der Waals surface area contributed by atoms with Crippen LogP contribution in [0.15, 0.2) is 146 Å². The Morgan fingerprint density at radius 2 is 0.953 bits per heavy atom. The molecule has 0 aromatic rings. The van der Waals surface area contributed by atoms with E-state index in [2.05, 4.69) is 153 Å². The van der Waals surface area contributed by atoms with Crippen molar-refractivity contribution in [3.05, 3.63) is 146 Å². The fraction of sp³-hybridized carbons (Fsp3) is 0.545. The molecule has 3 unspecified atom stereocenters. The Morgan fingerprint density at radius 3 is 1.39 bits per heavy atom. The number of hydrogen-bond acceptors (Lipinski definition) is 6. The van der Waals surface area contributed by atoms with E-state index in [1.807, 2.05) is 27.2 Å². The predicted molar refractivity (Wildman–Crippen MR) is 274 cm³/mol. The molecule has 2 N–H and O–H groups in total. The normalized spacial score (nSPS) is 15.4. The van der Waals surface area contributed by atoms with Crippen molar-refractivity contribution < 1.29 is 32.9 Å². The van der Waals surface area contributed by atoms with E-state index in [1.165, 1.54) is 19.3 Å². The Bertz CT molecular complexity index is 1540. The number of nitrogens with one attached hydrogen (secondary N) is 1. The number of amides is 1. The van der Waals surface area contributed by atoms with Crippen molar-refractivity contribution in [3.8, 4) is 0 Å². The third kappa shape index (κ3) is 46.4. The van der Waals surface area contributed by atoms with Crippen molar-refractivity contribution in [1.82, 2.24) is 5.32 Å². The minimum Gasteiger partial charge on any atom is -0.756 e. The van der Waals surface area contributed by atoms with Gasteiger partial charge in [-0.3, -0.25) is 9.36 Å². The number of phosphoric acid groups is 1. The molecule has 0 aliphatic carbocycles. The first kappa shape index (κ1) is 60.4. The summed E-state index contributed by atoms with van der Waals surface area (Å²) in [4.78, 5) is 25.2. The van der Waals surface area contributed by atoms with Crippen molar-refractivity contribution in [2.24, 2.45) is 0 Å². The third-order valence-corrected chi connectivity index (χ3v) is 10.5. The van der Waals surface area contributed by atoms with Crippen molar-refractivity contribution >= 4 is 13.7 Å². The molecule has 0 saturated heterocycles. The average molecular weight is 905 g/mol. The first-order valence-corrected chi connectivity index (χ1v) is 25.7. The molecule has 360 valence electrons. The number of quaternary nitrogens is 1. The monoisotopic (exact) mass is 905 g/mol. The SMILES string of the molecule is CC/C=C\C/C=C\C/C=C\C/C=C\C/C=C\C/C=C\C/C=C\C/C=C\C/C=C\C/C=C\CCCCC(=O)NC(COP(=O)([O-])OCC[N+](C)(C)C)C(O)/C=C/CC/C=C/CCCCC. The van der Waals surface area contributed by atoms with Gasteiger partial charge in [0.25, 0.3) is 7.82 Å². The second kappa shape index (κ2) is 44.6. The third-order valence-electron chi connectivity index (χ3n) is 9.53. The molecule has 0 aliphatic rings. The lowest BCUT2D eigenvalue weighted by Crippen LogP contribution is -2.45. The van der Waals surface area contributed by atoms with Crippen molar-refractivity contribution in [1.29, 1.82) is 0 Å². The standard InChI is InChI=1S/C55H89N2O6P/c1-6-8-10-12-14-16-17-18-19-20-21-22-23-24-25-26-27-28-29-30-31-32-33-34-35-36-37-38-39-41-43-45-47-49-55(59)56-53(52-63-64(60,61)62-51-50-57(3,4)5)54(58)48-46-44-42-40-15-13-11-9-7-2/h8,10,14-16,18-19,21-22,24-25,27-28,30-31,33-34,36-37,39-41,46,48,53-54,58H,6-7,9,11-13,17,20,23,26,29,32,35,38,42-45,47,49-52H2,1-5H3,(H-,56,59,60,61)/b10-8-,16-14-,19-18-,22-21-,25-24-,28-27-,31-30-,34-33-,37-36-,40-15+,41-39-,48-46+. The molecule has 0 radical (unpaired) electrons. The summed E-state index contributed by atoms with van der Waals surface area (Å²) in [5.74, 6) is -0.261. The maximum absolute atomic E-state index is 12.8. The molecule has 1 amide bonds. The highest BCUT2D eigenvalue weighted by Gasteiger charge is 2.23. The van der Waals surface area contributed by atoms with Crippen molar-refractivity contribution in [2.45, 2.75) is 154 Å². The number of unbranched alkanes of at least 4 members (excludes halogenated alkanes) is 6. The van der Waals surface area contributed by atoms with Crippen molar-refractivity contribution in [3.63, 3.8) is 0 Å². The summed E-state index contributed by atoms with van der Waals surface area (Å²) >= 11 is 0. The van der Waals surface area contributed by atoms with Gasteiger partial charge >= 0.3 is 0 Å². The molecule has 0 aromatic carbocycles. The maximum atomic E-state index is 12.8. The Balaban J connectivity index is 4.31. The molecule has 0 saturated carbocycles. The van der Waals surface area contributed by atoms with Crippen LogP contribution in [0.5, 0.6) is 0 Å². The Morgan fingerprint density at radius 1 is 0.562 bits per heavy atom. The minimum atomic E-state index is -4.61. The summed E-state index contributed by atoms with van der Waals surface area (Å²) in [5.41, 5.74) is 0. The van der Waals surface area contributed by atoms with Crippen LogP contribution >= 0.6 is 7.82 Å². The van der Waals surface area contributed by atoms with E-state index in [-0.39, 0.29) is 18.9 Å². The summed E-state index contributed by atoms with van der Waals surface area (Å²) < 4.78 is 23.1. The number of aliphatic hydroxyl groups excluding tert-OH is 1. The summed E-state index contributed by atoms with van der Waals surface area (Å²) in [6.45, 7) is 4.37. The number of rotatable bonds is 41. The number of phosphoric ester groups is 1. The Kier molecular flexibility index (Phi) is 42.1. The van der Waals surface area contributed by atoms with Crippen LogP contribution in [0.4, 0.5) is 0 Å². The van der Waals surface area contributed by atoms with Crippen LogP contribution in [0.2, 0.25) is 0 Å². The van der Waals surface area contributed by atoms with Gasteiger partial charge in [-0.05, 0) is 109 Å². The largest absolute Gasteiger partial charge is 0.756 e. The van der Waals surface area contributed by atoms with Crippen LogP contribution in [0, 0.1) is 0 Å². The lowest BCUT2D eigenvalue weighted by atomic mass is 10.1. The summed E-state index contributed by atoms with van der Waals surface area (Å²) in [6.07, 6.45) is 69.3. The second-order valence-corrected chi connectivity index (χ2v) is 18.1. The highest BCUT2D eigenvalue weighted by molar-refractivity contribution is 7.45. The first-order valence-electron chi connectivity index (χ1n) is 24.2. The van der Waals surface area contributed by atoms with Crippen LogP contribution in [0.3, 0.4) is 0 Å². The summed E-state index contributed by atoms with van der Waals surface area (Å²) in [5, 5.41) is 13.7. The zero-order valence-electron chi connectivity index (χ0n) is 40.7. The Labute approximate surface area is 391 Å². The van der Waals surface area contributed by atoms with Crippen LogP contribution in [-0.4, -0.2) is 68.5 Å². The molecule has 64 heavy (non-hydrogen) atoms. The zero-order chi connectivity index (χ0) is 47.1. The minimum absolute atomic E-state index is 0.0243. The number of aliphatic hydroxyl groups is 1. The van der Waals surface area contributed by atoms with Gasteiger partial charge in [-0.15, -0.1) is 0 Å². The van der Waals surface area contributed by atoms with E-state index in [9.17, 15) is 19.4 Å². The van der Waals surface area contributed by atoms with Crippen LogP contribution in [-0.2, 0) is 18.4 Å². The molecule has 0 rings (SSSR count). The highest BCUT2D eigenvalue weighted by Crippen LogP contribution is 2.38. The van der Waals surface area contributed by atoms with E-state index in [1.54, 1.807) is 6.08 Å². The van der Waals surface area contributed by atoms with Gasteiger partial charge < -0.3 is 28.8 Å². The molecule has 9 heteroatoms. The average Bonchev–Trinajstić information content (AvgIpc) is 3.25. The topological polar surface area (TPSA) is 108 Å². The molecule has 0 aromatic heterocycles. The van der Waals surface area contributed by atoms with E-state index < -0.39 is 26.6 Å².